The minimum absolute atomic E-state index is 0.0287. The topological polar surface area (TPSA) is 42.0 Å². The van der Waals surface area contributed by atoms with Gasteiger partial charge in [0, 0.05) is 11.2 Å². The number of anilines is 1. The van der Waals surface area contributed by atoms with Gasteiger partial charge in [-0.2, -0.15) is 0 Å². The lowest BCUT2D eigenvalue weighted by atomic mass is 9.78. The third kappa shape index (κ3) is 2.79. The van der Waals surface area contributed by atoms with Gasteiger partial charge in [0.1, 0.15) is 5.82 Å². The van der Waals surface area contributed by atoms with E-state index in [0.29, 0.717) is 10.8 Å². The van der Waals surface area contributed by atoms with Gasteiger partial charge in [-0.3, -0.25) is 4.79 Å². The first kappa shape index (κ1) is 14.1. The summed E-state index contributed by atoms with van der Waals surface area (Å²) in [6, 6.07) is 13.1. The Balaban J connectivity index is 1.90. The Bertz CT molecular complexity index is 619. The SMILES string of the molecule is O=C(Nc1ccccn1)C1(c2ccc(Cl)cc2)CCCC1. The largest absolute Gasteiger partial charge is 0.310 e. The molecule has 1 fully saturated rings. The van der Waals surface area contributed by atoms with E-state index in [4.69, 9.17) is 11.6 Å². The van der Waals surface area contributed by atoms with Crippen molar-refractivity contribution >= 4 is 23.3 Å². The van der Waals surface area contributed by atoms with Crippen molar-refractivity contribution in [2.24, 2.45) is 0 Å². The van der Waals surface area contributed by atoms with Crippen LogP contribution in [0.4, 0.5) is 5.82 Å². The maximum Gasteiger partial charge on any atom is 0.236 e. The van der Waals surface area contributed by atoms with E-state index < -0.39 is 5.41 Å². The number of benzene rings is 1. The number of amides is 1. The summed E-state index contributed by atoms with van der Waals surface area (Å²) in [5, 5.41) is 3.65. The molecule has 0 atom stereocenters. The van der Waals surface area contributed by atoms with Gasteiger partial charge in [-0.15, -0.1) is 0 Å². The Morgan fingerprint density at radius 2 is 1.81 bits per heavy atom. The zero-order chi connectivity index (χ0) is 14.7. The zero-order valence-electron chi connectivity index (χ0n) is 11.7. The molecule has 1 aromatic carbocycles. The number of pyridine rings is 1. The lowest BCUT2D eigenvalue weighted by Gasteiger charge is -2.28. The molecular weight excluding hydrogens is 284 g/mol. The average molecular weight is 301 g/mol. The highest BCUT2D eigenvalue weighted by Crippen LogP contribution is 2.42. The fraction of sp³-hybridized carbons (Fsp3) is 0.294. The molecule has 3 nitrogen and oxygen atoms in total. The molecule has 4 heteroatoms. The number of rotatable bonds is 3. The van der Waals surface area contributed by atoms with E-state index in [0.717, 1.165) is 31.2 Å². The second kappa shape index (κ2) is 5.86. The molecule has 1 N–H and O–H groups in total. The Kier molecular flexibility index (Phi) is 3.93. The van der Waals surface area contributed by atoms with E-state index in [-0.39, 0.29) is 5.91 Å². The number of carbonyl (C=O) groups is 1. The maximum atomic E-state index is 12.8. The fourth-order valence-electron chi connectivity index (χ4n) is 3.07. The Morgan fingerprint density at radius 1 is 1.10 bits per heavy atom. The van der Waals surface area contributed by atoms with Gasteiger partial charge in [-0.05, 0) is 42.7 Å². The molecule has 108 valence electrons. The number of carbonyl (C=O) groups excluding carboxylic acids is 1. The monoisotopic (exact) mass is 300 g/mol. The smallest absolute Gasteiger partial charge is 0.236 e. The summed E-state index contributed by atoms with van der Waals surface area (Å²) in [6.45, 7) is 0. The molecule has 1 aliphatic rings. The van der Waals surface area contributed by atoms with Crippen LogP contribution in [0.15, 0.2) is 48.7 Å². The van der Waals surface area contributed by atoms with Crippen LogP contribution in [0.2, 0.25) is 5.02 Å². The minimum Gasteiger partial charge on any atom is -0.310 e. The molecule has 0 spiro atoms. The fourth-order valence-corrected chi connectivity index (χ4v) is 3.19. The first-order valence-electron chi connectivity index (χ1n) is 7.19. The Hall–Kier alpha value is -1.87. The number of nitrogens with one attached hydrogen (secondary N) is 1. The van der Waals surface area contributed by atoms with Gasteiger partial charge in [0.25, 0.3) is 0 Å². The summed E-state index contributed by atoms with van der Waals surface area (Å²) >= 11 is 5.96. The maximum absolute atomic E-state index is 12.8. The number of hydrogen-bond donors (Lipinski definition) is 1. The van der Waals surface area contributed by atoms with Gasteiger partial charge in [0.2, 0.25) is 5.91 Å². The normalized spacial score (nSPS) is 16.6. The van der Waals surface area contributed by atoms with E-state index in [2.05, 4.69) is 10.3 Å². The van der Waals surface area contributed by atoms with Crippen LogP contribution in [0.5, 0.6) is 0 Å². The summed E-state index contributed by atoms with van der Waals surface area (Å²) in [4.78, 5) is 17.0. The van der Waals surface area contributed by atoms with Crippen molar-refractivity contribution in [2.75, 3.05) is 5.32 Å². The lowest BCUT2D eigenvalue weighted by Crippen LogP contribution is -2.38. The average Bonchev–Trinajstić information content (AvgIpc) is 3.00. The minimum atomic E-state index is -0.456. The highest BCUT2D eigenvalue weighted by molar-refractivity contribution is 6.30. The summed E-state index contributed by atoms with van der Waals surface area (Å²) in [5.74, 6) is 0.628. The van der Waals surface area contributed by atoms with Crippen LogP contribution in [0.3, 0.4) is 0 Å². The zero-order valence-corrected chi connectivity index (χ0v) is 12.4. The molecule has 1 amide bonds. The highest BCUT2D eigenvalue weighted by atomic mass is 35.5. The third-order valence-corrected chi connectivity index (χ3v) is 4.45. The molecule has 0 bridgehead atoms. The summed E-state index contributed by atoms with van der Waals surface area (Å²) < 4.78 is 0. The standard InChI is InChI=1S/C17H17ClN2O/c18-14-8-6-13(7-9-14)17(10-2-3-11-17)16(21)20-15-5-1-4-12-19-15/h1,4-9,12H,2-3,10-11H2,(H,19,20,21). The van der Waals surface area contributed by atoms with Crippen molar-refractivity contribution in [3.63, 3.8) is 0 Å². The van der Waals surface area contributed by atoms with Crippen molar-refractivity contribution in [3.8, 4) is 0 Å². The molecule has 0 unspecified atom stereocenters. The molecule has 1 aliphatic carbocycles. The van der Waals surface area contributed by atoms with Gasteiger partial charge in [-0.1, -0.05) is 42.6 Å². The van der Waals surface area contributed by atoms with Gasteiger partial charge < -0.3 is 5.32 Å². The number of aromatic nitrogens is 1. The van der Waals surface area contributed by atoms with Crippen molar-refractivity contribution in [1.82, 2.24) is 4.98 Å². The summed E-state index contributed by atoms with van der Waals surface area (Å²) in [7, 11) is 0. The Morgan fingerprint density at radius 3 is 2.43 bits per heavy atom. The molecule has 2 aromatic rings. The second-order valence-electron chi connectivity index (χ2n) is 5.47. The van der Waals surface area contributed by atoms with Gasteiger partial charge in [-0.25, -0.2) is 4.98 Å². The van der Waals surface area contributed by atoms with Crippen molar-refractivity contribution < 1.29 is 4.79 Å². The van der Waals surface area contributed by atoms with E-state index in [1.807, 2.05) is 42.5 Å². The van der Waals surface area contributed by atoms with Crippen LogP contribution >= 0.6 is 11.6 Å². The van der Waals surface area contributed by atoms with E-state index in [1.54, 1.807) is 6.20 Å². The molecule has 0 aliphatic heterocycles. The van der Waals surface area contributed by atoms with Crippen LogP contribution in [0, 0.1) is 0 Å². The van der Waals surface area contributed by atoms with Crippen LogP contribution in [-0.4, -0.2) is 10.9 Å². The first-order valence-corrected chi connectivity index (χ1v) is 7.57. The number of hydrogen-bond acceptors (Lipinski definition) is 2. The molecule has 21 heavy (non-hydrogen) atoms. The Labute approximate surface area is 129 Å². The lowest BCUT2D eigenvalue weighted by molar-refractivity contribution is -0.121. The van der Waals surface area contributed by atoms with Crippen molar-refractivity contribution in [1.29, 1.82) is 0 Å². The van der Waals surface area contributed by atoms with E-state index >= 15 is 0 Å². The van der Waals surface area contributed by atoms with Gasteiger partial charge in [0.05, 0.1) is 5.41 Å². The van der Waals surface area contributed by atoms with Crippen LogP contribution < -0.4 is 5.32 Å². The van der Waals surface area contributed by atoms with Crippen LogP contribution in [0.25, 0.3) is 0 Å². The first-order chi connectivity index (χ1) is 10.2. The second-order valence-corrected chi connectivity index (χ2v) is 5.90. The molecular formula is C17H17ClN2O. The third-order valence-electron chi connectivity index (χ3n) is 4.20. The summed E-state index contributed by atoms with van der Waals surface area (Å²) in [5.41, 5.74) is 0.583. The quantitative estimate of drug-likeness (QED) is 0.923. The van der Waals surface area contributed by atoms with Crippen molar-refractivity contribution in [3.05, 3.63) is 59.2 Å². The molecule has 1 heterocycles. The van der Waals surface area contributed by atoms with Gasteiger partial charge >= 0.3 is 0 Å². The molecule has 0 saturated heterocycles. The van der Waals surface area contributed by atoms with Gasteiger partial charge in [0.15, 0.2) is 0 Å². The number of halogens is 1. The highest BCUT2D eigenvalue weighted by Gasteiger charge is 2.42. The van der Waals surface area contributed by atoms with E-state index in [1.165, 1.54) is 0 Å². The molecule has 1 aromatic heterocycles. The molecule has 1 saturated carbocycles. The predicted octanol–water partition coefficient (Wildman–Crippen LogP) is 4.19. The number of nitrogens with zero attached hydrogens (tertiary/aromatic N) is 1. The van der Waals surface area contributed by atoms with Crippen molar-refractivity contribution in [2.45, 2.75) is 31.1 Å². The van der Waals surface area contributed by atoms with Crippen LogP contribution in [0.1, 0.15) is 31.2 Å². The molecule has 3 rings (SSSR count). The molecule has 0 radical (unpaired) electrons. The van der Waals surface area contributed by atoms with Crippen LogP contribution in [-0.2, 0) is 10.2 Å². The summed E-state index contributed by atoms with van der Waals surface area (Å²) in [6.07, 6.45) is 5.55. The predicted molar refractivity (Wildman–Crippen MR) is 84.5 cm³/mol. The van der Waals surface area contributed by atoms with E-state index in [9.17, 15) is 4.79 Å².